The number of rotatable bonds is 10. The number of hydrogen-bond acceptors (Lipinski definition) is 7. The fourth-order valence-electron chi connectivity index (χ4n) is 3.65. The summed E-state index contributed by atoms with van der Waals surface area (Å²) >= 11 is 0. The van der Waals surface area contributed by atoms with Crippen LogP contribution in [-0.4, -0.2) is 52.7 Å². The van der Waals surface area contributed by atoms with Crippen LogP contribution in [0.25, 0.3) is 0 Å². The highest BCUT2D eigenvalue weighted by Gasteiger charge is 2.25. The third kappa shape index (κ3) is 6.39. The fraction of sp³-hybridized carbons (Fsp3) is 0.458. The molecule has 0 aliphatic carbocycles. The summed E-state index contributed by atoms with van der Waals surface area (Å²) in [5.74, 6) is 0.705. The summed E-state index contributed by atoms with van der Waals surface area (Å²) in [6, 6.07) is 10.9. The SMILES string of the molecule is COc1ccc(S(=O)(=O)Oc2cc(CN(CC3CCCO3)C(=O)C(C)C)ccc2OC)cc1. The second-order valence-corrected chi connectivity index (χ2v) is 9.75. The molecule has 1 saturated heterocycles. The number of benzene rings is 2. The Morgan fingerprint density at radius 2 is 1.82 bits per heavy atom. The number of hydrogen-bond donors (Lipinski definition) is 0. The van der Waals surface area contributed by atoms with Gasteiger partial charge in [-0.15, -0.1) is 0 Å². The van der Waals surface area contributed by atoms with Crippen molar-refractivity contribution in [3.8, 4) is 17.2 Å². The van der Waals surface area contributed by atoms with Crippen molar-refractivity contribution in [3.05, 3.63) is 48.0 Å². The number of ether oxygens (including phenoxy) is 3. The highest BCUT2D eigenvalue weighted by Crippen LogP contribution is 2.32. The normalized spacial score (nSPS) is 16.0. The van der Waals surface area contributed by atoms with Crippen LogP contribution < -0.4 is 13.7 Å². The van der Waals surface area contributed by atoms with Gasteiger partial charge in [0.15, 0.2) is 11.5 Å². The number of carbonyl (C=O) groups is 1. The molecule has 180 valence electrons. The molecular formula is C24H31NO7S. The van der Waals surface area contributed by atoms with Crippen LogP contribution in [0, 0.1) is 5.92 Å². The Morgan fingerprint density at radius 1 is 1.09 bits per heavy atom. The van der Waals surface area contributed by atoms with E-state index in [0.29, 0.717) is 25.4 Å². The van der Waals surface area contributed by atoms with E-state index in [-0.39, 0.29) is 34.3 Å². The predicted molar refractivity (Wildman–Crippen MR) is 123 cm³/mol. The lowest BCUT2D eigenvalue weighted by Crippen LogP contribution is -2.39. The first kappa shape index (κ1) is 24.9. The highest BCUT2D eigenvalue weighted by molar-refractivity contribution is 7.87. The van der Waals surface area contributed by atoms with Crippen LogP contribution >= 0.6 is 0 Å². The molecular weight excluding hydrogens is 446 g/mol. The third-order valence-corrected chi connectivity index (χ3v) is 6.65. The van der Waals surface area contributed by atoms with Gasteiger partial charge < -0.3 is 23.3 Å². The molecule has 9 heteroatoms. The van der Waals surface area contributed by atoms with Gasteiger partial charge in [0.05, 0.1) is 20.3 Å². The van der Waals surface area contributed by atoms with Crippen molar-refractivity contribution in [3.63, 3.8) is 0 Å². The molecule has 2 aromatic rings. The van der Waals surface area contributed by atoms with E-state index in [1.54, 1.807) is 35.2 Å². The maximum absolute atomic E-state index is 12.8. The standard InChI is InChI=1S/C24H31NO7S/c1-17(2)24(26)25(16-20-6-5-13-31-20)15-18-7-12-22(30-4)23(14-18)32-33(27,28)21-10-8-19(29-3)9-11-21/h7-12,14,17,20H,5-6,13,15-16H2,1-4H3. The highest BCUT2D eigenvalue weighted by atomic mass is 32.2. The summed E-state index contributed by atoms with van der Waals surface area (Å²) in [7, 11) is -1.16. The summed E-state index contributed by atoms with van der Waals surface area (Å²) in [5.41, 5.74) is 0.725. The lowest BCUT2D eigenvalue weighted by molar-refractivity contribution is -0.136. The lowest BCUT2D eigenvalue weighted by atomic mass is 10.1. The van der Waals surface area contributed by atoms with Gasteiger partial charge in [-0.3, -0.25) is 4.79 Å². The Balaban J connectivity index is 1.84. The molecule has 1 heterocycles. The van der Waals surface area contributed by atoms with Crippen LogP contribution in [0.4, 0.5) is 0 Å². The number of nitrogens with zero attached hydrogens (tertiary/aromatic N) is 1. The molecule has 1 unspecified atom stereocenters. The van der Waals surface area contributed by atoms with Crippen molar-refractivity contribution in [1.29, 1.82) is 0 Å². The molecule has 2 aromatic carbocycles. The van der Waals surface area contributed by atoms with E-state index in [4.69, 9.17) is 18.4 Å². The predicted octanol–water partition coefficient (Wildman–Crippen LogP) is 3.64. The van der Waals surface area contributed by atoms with Gasteiger partial charge in [-0.05, 0) is 54.8 Å². The third-order valence-electron chi connectivity index (χ3n) is 5.40. The van der Waals surface area contributed by atoms with Crippen molar-refractivity contribution in [1.82, 2.24) is 4.90 Å². The van der Waals surface area contributed by atoms with E-state index in [1.807, 2.05) is 13.8 Å². The second kappa shape index (κ2) is 10.9. The minimum Gasteiger partial charge on any atom is -0.497 e. The van der Waals surface area contributed by atoms with Crippen LogP contribution in [0.5, 0.6) is 17.2 Å². The number of carbonyl (C=O) groups excluding carboxylic acids is 1. The molecule has 1 aliphatic heterocycles. The Bertz CT molecular complexity index is 1040. The number of methoxy groups -OCH3 is 2. The van der Waals surface area contributed by atoms with Crippen LogP contribution in [0.15, 0.2) is 47.4 Å². The molecule has 1 amide bonds. The van der Waals surface area contributed by atoms with Gasteiger partial charge in [0.2, 0.25) is 5.91 Å². The smallest absolute Gasteiger partial charge is 0.339 e. The molecule has 0 aromatic heterocycles. The van der Waals surface area contributed by atoms with E-state index in [9.17, 15) is 13.2 Å². The molecule has 1 aliphatic rings. The monoisotopic (exact) mass is 477 g/mol. The molecule has 0 bridgehead atoms. The quantitative estimate of drug-likeness (QED) is 0.483. The van der Waals surface area contributed by atoms with Gasteiger partial charge in [-0.2, -0.15) is 8.42 Å². The molecule has 0 spiro atoms. The first-order valence-electron chi connectivity index (χ1n) is 10.9. The average molecular weight is 478 g/mol. The summed E-state index contributed by atoms with van der Waals surface area (Å²) in [5, 5.41) is 0. The van der Waals surface area contributed by atoms with Crippen molar-refractivity contribution in [2.45, 2.75) is 44.2 Å². The van der Waals surface area contributed by atoms with Gasteiger partial charge in [0.1, 0.15) is 10.6 Å². The van der Waals surface area contributed by atoms with Gasteiger partial charge in [0.25, 0.3) is 0 Å². The van der Waals surface area contributed by atoms with Crippen molar-refractivity contribution < 1.29 is 31.6 Å². The van der Waals surface area contributed by atoms with Crippen molar-refractivity contribution in [2.24, 2.45) is 5.92 Å². The maximum atomic E-state index is 12.8. The second-order valence-electron chi connectivity index (χ2n) is 8.21. The minimum atomic E-state index is -4.10. The van der Waals surface area contributed by atoms with E-state index in [1.165, 1.54) is 26.4 Å². The largest absolute Gasteiger partial charge is 0.497 e. The molecule has 1 fully saturated rings. The zero-order valence-corrected chi connectivity index (χ0v) is 20.3. The molecule has 0 saturated carbocycles. The van der Waals surface area contributed by atoms with E-state index in [2.05, 4.69) is 0 Å². The van der Waals surface area contributed by atoms with Crippen LogP contribution in [-0.2, 0) is 26.2 Å². The molecule has 3 rings (SSSR count). The van der Waals surface area contributed by atoms with Crippen LogP contribution in [0.1, 0.15) is 32.3 Å². The maximum Gasteiger partial charge on any atom is 0.339 e. The topological polar surface area (TPSA) is 91.4 Å². The zero-order valence-electron chi connectivity index (χ0n) is 19.4. The van der Waals surface area contributed by atoms with Crippen molar-refractivity contribution >= 4 is 16.0 Å². The summed E-state index contributed by atoms with van der Waals surface area (Å²) in [4.78, 5) is 14.6. The fourth-order valence-corrected chi connectivity index (χ4v) is 4.58. The van der Waals surface area contributed by atoms with E-state index >= 15 is 0 Å². The molecule has 0 N–H and O–H groups in total. The van der Waals surface area contributed by atoms with Gasteiger partial charge in [-0.1, -0.05) is 19.9 Å². The van der Waals surface area contributed by atoms with Gasteiger partial charge in [-0.25, -0.2) is 0 Å². The Hall–Kier alpha value is -2.78. The summed E-state index contributed by atoms with van der Waals surface area (Å²) in [6.45, 7) is 5.21. The zero-order chi connectivity index (χ0) is 24.0. The first-order chi connectivity index (χ1) is 15.7. The molecule has 33 heavy (non-hydrogen) atoms. The van der Waals surface area contributed by atoms with Crippen molar-refractivity contribution in [2.75, 3.05) is 27.4 Å². The van der Waals surface area contributed by atoms with E-state index < -0.39 is 10.1 Å². The van der Waals surface area contributed by atoms with Gasteiger partial charge >= 0.3 is 10.1 Å². The van der Waals surface area contributed by atoms with Crippen LogP contribution in [0.2, 0.25) is 0 Å². The average Bonchev–Trinajstić information content (AvgIpc) is 3.31. The number of amides is 1. The lowest BCUT2D eigenvalue weighted by Gasteiger charge is -2.27. The molecule has 8 nitrogen and oxygen atoms in total. The first-order valence-corrected chi connectivity index (χ1v) is 12.3. The minimum absolute atomic E-state index is 0.00856. The van der Waals surface area contributed by atoms with Gasteiger partial charge in [0, 0.05) is 25.6 Å². The Kier molecular flexibility index (Phi) is 8.20. The van der Waals surface area contributed by atoms with Crippen LogP contribution in [0.3, 0.4) is 0 Å². The summed E-state index contributed by atoms with van der Waals surface area (Å²) in [6.07, 6.45) is 1.91. The summed E-state index contributed by atoms with van der Waals surface area (Å²) < 4.78 is 47.2. The molecule has 0 radical (unpaired) electrons. The van der Waals surface area contributed by atoms with E-state index in [0.717, 1.165) is 18.4 Å². The Morgan fingerprint density at radius 3 is 2.39 bits per heavy atom. The molecule has 1 atom stereocenters. The Labute approximate surface area is 195 Å².